The van der Waals surface area contributed by atoms with E-state index in [0.29, 0.717) is 17.1 Å². The number of aromatic nitrogens is 2. The van der Waals surface area contributed by atoms with E-state index in [-0.39, 0.29) is 17.2 Å². The molecule has 34 heavy (non-hydrogen) atoms. The molecule has 3 aromatic carbocycles. The van der Waals surface area contributed by atoms with E-state index in [1.807, 2.05) is 36.4 Å². The van der Waals surface area contributed by atoms with E-state index in [4.69, 9.17) is 9.47 Å². The second-order valence-corrected chi connectivity index (χ2v) is 8.58. The Hall–Kier alpha value is -4.39. The topological polar surface area (TPSA) is 82.5 Å². The van der Waals surface area contributed by atoms with Crippen LogP contribution in [0, 0.1) is 0 Å². The Balaban J connectivity index is 1.64. The number of benzene rings is 3. The van der Waals surface area contributed by atoms with Crippen molar-refractivity contribution in [1.29, 1.82) is 0 Å². The van der Waals surface area contributed by atoms with Crippen molar-refractivity contribution in [3.05, 3.63) is 102 Å². The van der Waals surface area contributed by atoms with Crippen molar-refractivity contribution in [2.45, 2.75) is 26.4 Å². The summed E-state index contributed by atoms with van der Waals surface area (Å²) in [5.74, 6) is 0.186. The molecule has 7 nitrogen and oxygen atoms in total. The molecule has 0 spiro atoms. The molecule has 0 atom stereocenters. The summed E-state index contributed by atoms with van der Waals surface area (Å²) in [7, 11) is 0. The van der Waals surface area contributed by atoms with Crippen molar-refractivity contribution < 1.29 is 19.1 Å². The number of hydrogen-bond acceptors (Lipinski definition) is 5. The summed E-state index contributed by atoms with van der Waals surface area (Å²) >= 11 is 0. The van der Waals surface area contributed by atoms with Gasteiger partial charge in [0.05, 0.1) is 16.9 Å². The fraction of sp³-hybridized carbons (Fsp3) is 0.148. The maximum absolute atomic E-state index is 13.1. The molecular weight excluding hydrogens is 430 g/mol. The maximum atomic E-state index is 13.1. The van der Waals surface area contributed by atoms with Gasteiger partial charge in [-0.2, -0.15) is 5.10 Å². The Kier molecular flexibility index (Phi) is 6.45. The molecular formula is C27H25N3O4. The van der Waals surface area contributed by atoms with Gasteiger partial charge in [-0.3, -0.25) is 4.79 Å². The SMILES string of the molecule is CC(C)(C)OC(=O)c1ccc(Oc2ccccc2)cc1NC(=O)c1cccc(-n2cccn2)c1. The Bertz CT molecular complexity index is 1290. The highest BCUT2D eigenvalue weighted by molar-refractivity contribution is 6.08. The first kappa shape index (κ1) is 22.8. The van der Waals surface area contributed by atoms with Crippen molar-refractivity contribution in [2.24, 2.45) is 0 Å². The molecule has 1 aromatic heterocycles. The lowest BCUT2D eigenvalue weighted by Gasteiger charge is -2.21. The summed E-state index contributed by atoms with van der Waals surface area (Å²) in [4.78, 5) is 26.0. The molecule has 0 saturated heterocycles. The Morgan fingerprint density at radius 3 is 2.38 bits per heavy atom. The standard InChI is InChI=1S/C27H25N3O4/c1-27(2,3)34-26(32)23-14-13-22(33-21-11-5-4-6-12-21)18-24(23)29-25(31)19-9-7-10-20(17-19)30-16-8-15-28-30/h4-18H,1-3H3,(H,29,31). The van der Waals surface area contributed by atoms with Gasteiger partial charge in [0.2, 0.25) is 0 Å². The second kappa shape index (κ2) is 9.62. The fourth-order valence-corrected chi connectivity index (χ4v) is 3.23. The van der Waals surface area contributed by atoms with Crippen molar-refractivity contribution in [2.75, 3.05) is 5.32 Å². The summed E-state index contributed by atoms with van der Waals surface area (Å²) in [6, 6.07) is 23.0. The molecule has 172 valence electrons. The average molecular weight is 456 g/mol. The van der Waals surface area contributed by atoms with Crippen LogP contribution in [0.5, 0.6) is 11.5 Å². The lowest BCUT2D eigenvalue weighted by atomic mass is 10.1. The largest absolute Gasteiger partial charge is 0.457 e. The zero-order valence-electron chi connectivity index (χ0n) is 19.2. The third kappa shape index (κ3) is 5.69. The second-order valence-electron chi connectivity index (χ2n) is 8.58. The van der Waals surface area contributed by atoms with Crippen molar-refractivity contribution in [1.82, 2.24) is 9.78 Å². The molecule has 1 N–H and O–H groups in total. The van der Waals surface area contributed by atoms with Crippen LogP contribution in [0.4, 0.5) is 5.69 Å². The average Bonchev–Trinajstić information content (AvgIpc) is 3.34. The summed E-state index contributed by atoms with van der Waals surface area (Å²) < 4.78 is 13.1. The lowest BCUT2D eigenvalue weighted by molar-refractivity contribution is 0.00707. The van der Waals surface area contributed by atoms with Crippen LogP contribution in [0.15, 0.2) is 91.3 Å². The first-order chi connectivity index (χ1) is 16.3. The quantitative estimate of drug-likeness (QED) is 0.368. The van der Waals surface area contributed by atoms with E-state index in [9.17, 15) is 9.59 Å². The van der Waals surface area contributed by atoms with Gasteiger partial charge in [-0.1, -0.05) is 24.3 Å². The van der Waals surface area contributed by atoms with E-state index < -0.39 is 11.6 Å². The van der Waals surface area contributed by atoms with Gasteiger partial charge in [0.15, 0.2) is 0 Å². The summed E-state index contributed by atoms with van der Waals surface area (Å²) in [5, 5.41) is 7.04. The van der Waals surface area contributed by atoms with E-state index in [2.05, 4.69) is 10.4 Å². The van der Waals surface area contributed by atoms with Crippen molar-refractivity contribution in [3.8, 4) is 17.2 Å². The van der Waals surface area contributed by atoms with Crippen LogP contribution in [0.1, 0.15) is 41.5 Å². The first-order valence-electron chi connectivity index (χ1n) is 10.8. The highest BCUT2D eigenvalue weighted by Gasteiger charge is 2.22. The van der Waals surface area contributed by atoms with Crippen molar-refractivity contribution >= 4 is 17.6 Å². The van der Waals surface area contributed by atoms with Gasteiger partial charge in [-0.25, -0.2) is 9.48 Å². The summed E-state index contributed by atoms with van der Waals surface area (Å²) in [6.45, 7) is 5.37. The predicted molar refractivity (Wildman–Crippen MR) is 130 cm³/mol. The molecule has 0 unspecified atom stereocenters. The van der Waals surface area contributed by atoms with E-state index in [1.54, 1.807) is 80.3 Å². The van der Waals surface area contributed by atoms with Crippen LogP contribution in [0.3, 0.4) is 0 Å². The highest BCUT2D eigenvalue weighted by atomic mass is 16.6. The molecule has 0 aliphatic carbocycles. The zero-order chi connectivity index (χ0) is 24.1. The van der Waals surface area contributed by atoms with Gasteiger partial charge in [0, 0.05) is 24.0 Å². The zero-order valence-corrected chi connectivity index (χ0v) is 19.2. The monoisotopic (exact) mass is 455 g/mol. The third-order valence-corrected chi connectivity index (χ3v) is 4.71. The minimum Gasteiger partial charge on any atom is -0.457 e. The number of nitrogens with zero attached hydrogens (tertiary/aromatic N) is 2. The number of rotatable bonds is 6. The number of carbonyl (C=O) groups is 2. The normalized spacial score (nSPS) is 11.0. The Morgan fingerprint density at radius 1 is 0.882 bits per heavy atom. The fourth-order valence-electron chi connectivity index (χ4n) is 3.23. The van der Waals surface area contributed by atoms with Crippen LogP contribution >= 0.6 is 0 Å². The number of amides is 1. The van der Waals surface area contributed by atoms with Gasteiger partial charge >= 0.3 is 5.97 Å². The van der Waals surface area contributed by atoms with Crippen LogP contribution in [0.2, 0.25) is 0 Å². The number of ether oxygens (including phenoxy) is 2. The molecule has 0 saturated carbocycles. The molecule has 0 bridgehead atoms. The third-order valence-electron chi connectivity index (χ3n) is 4.71. The Labute approximate surface area is 197 Å². The molecule has 0 aliphatic rings. The van der Waals surface area contributed by atoms with E-state index in [1.165, 1.54) is 0 Å². The molecule has 4 aromatic rings. The first-order valence-corrected chi connectivity index (χ1v) is 10.8. The number of para-hydroxylation sites is 1. The number of carbonyl (C=O) groups excluding carboxylic acids is 2. The van der Waals surface area contributed by atoms with Crippen molar-refractivity contribution in [3.63, 3.8) is 0 Å². The number of anilines is 1. The summed E-state index contributed by atoms with van der Waals surface area (Å²) in [6.07, 6.45) is 3.46. The van der Waals surface area contributed by atoms with Gasteiger partial charge in [0.1, 0.15) is 17.1 Å². The summed E-state index contributed by atoms with van der Waals surface area (Å²) in [5.41, 5.74) is 0.989. The molecule has 0 fully saturated rings. The molecule has 7 heteroatoms. The lowest BCUT2D eigenvalue weighted by Crippen LogP contribution is -2.25. The van der Waals surface area contributed by atoms with E-state index in [0.717, 1.165) is 5.69 Å². The number of nitrogens with one attached hydrogen (secondary N) is 1. The minimum atomic E-state index is -0.685. The highest BCUT2D eigenvalue weighted by Crippen LogP contribution is 2.29. The van der Waals surface area contributed by atoms with Crippen LogP contribution in [0.25, 0.3) is 5.69 Å². The molecule has 0 aliphatic heterocycles. The van der Waals surface area contributed by atoms with Gasteiger partial charge in [-0.15, -0.1) is 0 Å². The molecule has 4 rings (SSSR count). The molecule has 1 heterocycles. The molecule has 0 radical (unpaired) electrons. The van der Waals surface area contributed by atoms with Crippen LogP contribution in [-0.4, -0.2) is 27.3 Å². The van der Waals surface area contributed by atoms with E-state index >= 15 is 0 Å². The number of esters is 1. The predicted octanol–water partition coefficient (Wildman–Crippen LogP) is 5.87. The van der Waals surface area contributed by atoms with Crippen LogP contribution < -0.4 is 10.1 Å². The Morgan fingerprint density at radius 2 is 1.68 bits per heavy atom. The van der Waals surface area contributed by atoms with Gasteiger partial charge in [-0.05, 0) is 69.3 Å². The van der Waals surface area contributed by atoms with Gasteiger partial charge in [0.25, 0.3) is 5.91 Å². The molecule has 1 amide bonds. The van der Waals surface area contributed by atoms with Crippen LogP contribution in [-0.2, 0) is 4.74 Å². The maximum Gasteiger partial charge on any atom is 0.340 e. The smallest absolute Gasteiger partial charge is 0.340 e. The minimum absolute atomic E-state index is 0.229. The van der Waals surface area contributed by atoms with Gasteiger partial charge < -0.3 is 14.8 Å². The number of hydrogen-bond donors (Lipinski definition) is 1.